The average Bonchev–Trinajstić information content (AvgIpc) is 3.10. The predicted molar refractivity (Wildman–Crippen MR) is 102 cm³/mol. The lowest BCUT2D eigenvalue weighted by atomic mass is 9.95. The topological polar surface area (TPSA) is 59.2 Å². The quantitative estimate of drug-likeness (QED) is 0.763. The summed E-state index contributed by atoms with van der Waals surface area (Å²) in [5, 5.41) is 3.96. The number of aromatic nitrogens is 2. The van der Waals surface area contributed by atoms with Crippen LogP contribution in [0.15, 0.2) is 22.7 Å². The normalized spacial score (nSPS) is 16.0. The highest BCUT2D eigenvalue weighted by Gasteiger charge is 2.21. The summed E-state index contributed by atoms with van der Waals surface area (Å²) in [6, 6.07) is 5.06. The van der Waals surface area contributed by atoms with Crippen molar-refractivity contribution < 1.29 is 13.7 Å². The number of benzene rings is 1. The Morgan fingerprint density at radius 1 is 1.22 bits per heavy atom. The third-order valence-electron chi connectivity index (χ3n) is 5.45. The molecular weight excluding hydrogens is 345 g/mol. The molecule has 1 aliphatic carbocycles. The van der Waals surface area contributed by atoms with E-state index in [0.717, 1.165) is 12.8 Å². The van der Waals surface area contributed by atoms with Gasteiger partial charge in [-0.1, -0.05) is 37.3 Å². The van der Waals surface area contributed by atoms with Gasteiger partial charge in [-0.2, -0.15) is 4.98 Å². The first kappa shape index (κ1) is 19.5. The third kappa shape index (κ3) is 5.15. The highest BCUT2D eigenvalue weighted by Crippen LogP contribution is 2.22. The minimum atomic E-state index is -0.259. The molecule has 1 fully saturated rings. The van der Waals surface area contributed by atoms with Gasteiger partial charge in [-0.05, 0) is 43.5 Å². The molecule has 146 valence electrons. The van der Waals surface area contributed by atoms with Gasteiger partial charge in [0.1, 0.15) is 5.82 Å². The third-order valence-corrected chi connectivity index (χ3v) is 5.45. The van der Waals surface area contributed by atoms with Gasteiger partial charge in [0.05, 0.1) is 0 Å². The van der Waals surface area contributed by atoms with Crippen LogP contribution in [0.2, 0.25) is 0 Å². The smallest absolute Gasteiger partial charge is 0.227 e. The Balaban J connectivity index is 1.55. The summed E-state index contributed by atoms with van der Waals surface area (Å²) >= 11 is 0. The van der Waals surface area contributed by atoms with Gasteiger partial charge in [0.25, 0.3) is 0 Å². The highest BCUT2D eigenvalue weighted by atomic mass is 19.1. The number of halogens is 1. The molecule has 5 nitrogen and oxygen atoms in total. The molecule has 0 spiro atoms. The summed E-state index contributed by atoms with van der Waals surface area (Å²) in [7, 11) is 1.91. The van der Waals surface area contributed by atoms with Gasteiger partial charge < -0.3 is 9.42 Å². The van der Waals surface area contributed by atoms with Crippen LogP contribution in [-0.4, -0.2) is 34.0 Å². The van der Waals surface area contributed by atoms with Crippen molar-refractivity contribution in [1.82, 2.24) is 15.0 Å². The van der Waals surface area contributed by atoms with Gasteiger partial charge in [-0.3, -0.25) is 4.79 Å². The number of aryl methyl sites for hydroxylation is 2. The first-order chi connectivity index (χ1) is 13.0. The minimum Gasteiger partial charge on any atom is -0.343 e. The maximum atomic E-state index is 13.4. The molecule has 2 aromatic rings. The van der Waals surface area contributed by atoms with Crippen LogP contribution in [0, 0.1) is 12.7 Å². The van der Waals surface area contributed by atoms with Crippen molar-refractivity contribution in [3.8, 4) is 11.4 Å². The van der Waals surface area contributed by atoms with Crippen molar-refractivity contribution in [2.75, 3.05) is 7.05 Å². The Morgan fingerprint density at radius 3 is 2.63 bits per heavy atom. The summed E-state index contributed by atoms with van der Waals surface area (Å²) in [5.74, 6) is 0.726. The summed E-state index contributed by atoms with van der Waals surface area (Å²) in [6.07, 6.45) is 9.22. The SMILES string of the molecule is Cc1cc(-c2noc(CCC(=O)N(C)C3CCCCCCC3)n2)ccc1F. The van der Waals surface area contributed by atoms with Crippen LogP contribution in [0.3, 0.4) is 0 Å². The fourth-order valence-corrected chi connectivity index (χ4v) is 3.67. The number of hydrogen-bond acceptors (Lipinski definition) is 4. The molecule has 0 aliphatic heterocycles. The van der Waals surface area contributed by atoms with E-state index in [1.807, 2.05) is 11.9 Å². The molecule has 0 saturated heterocycles. The maximum absolute atomic E-state index is 13.4. The van der Waals surface area contributed by atoms with Gasteiger partial charge >= 0.3 is 0 Å². The number of rotatable bonds is 5. The molecule has 27 heavy (non-hydrogen) atoms. The van der Waals surface area contributed by atoms with E-state index in [0.29, 0.717) is 41.7 Å². The monoisotopic (exact) mass is 373 g/mol. The van der Waals surface area contributed by atoms with E-state index in [9.17, 15) is 9.18 Å². The van der Waals surface area contributed by atoms with Crippen molar-refractivity contribution in [2.45, 2.75) is 70.8 Å². The molecule has 1 aromatic heterocycles. The Bertz CT molecular complexity index is 767. The molecule has 3 rings (SSSR count). The van der Waals surface area contributed by atoms with Gasteiger partial charge in [0.2, 0.25) is 17.6 Å². The molecule has 1 saturated carbocycles. The first-order valence-electron chi connectivity index (χ1n) is 9.89. The molecule has 1 amide bonds. The molecule has 0 radical (unpaired) electrons. The lowest BCUT2D eigenvalue weighted by Gasteiger charge is -2.29. The predicted octanol–water partition coefficient (Wildman–Crippen LogP) is 4.69. The van der Waals surface area contributed by atoms with E-state index in [2.05, 4.69) is 10.1 Å². The second-order valence-corrected chi connectivity index (χ2v) is 7.48. The van der Waals surface area contributed by atoms with Crippen molar-refractivity contribution in [1.29, 1.82) is 0 Å². The van der Waals surface area contributed by atoms with Crippen LogP contribution in [0.1, 0.15) is 62.8 Å². The second kappa shape index (κ2) is 9.11. The van der Waals surface area contributed by atoms with E-state index < -0.39 is 0 Å². The van der Waals surface area contributed by atoms with Gasteiger partial charge in [0.15, 0.2) is 0 Å². The van der Waals surface area contributed by atoms with E-state index >= 15 is 0 Å². The van der Waals surface area contributed by atoms with Crippen LogP contribution in [0.25, 0.3) is 11.4 Å². The minimum absolute atomic E-state index is 0.123. The fourth-order valence-electron chi connectivity index (χ4n) is 3.67. The number of carbonyl (C=O) groups excluding carboxylic acids is 1. The number of nitrogens with zero attached hydrogens (tertiary/aromatic N) is 3. The molecule has 0 atom stereocenters. The largest absolute Gasteiger partial charge is 0.343 e. The Kier molecular flexibility index (Phi) is 6.58. The average molecular weight is 373 g/mol. The summed E-state index contributed by atoms with van der Waals surface area (Å²) in [4.78, 5) is 18.8. The van der Waals surface area contributed by atoms with E-state index in [4.69, 9.17) is 4.52 Å². The maximum Gasteiger partial charge on any atom is 0.227 e. The van der Waals surface area contributed by atoms with Crippen LogP contribution >= 0.6 is 0 Å². The lowest BCUT2D eigenvalue weighted by Crippen LogP contribution is -2.37. The fraction of sp³-hybridized carbons (Fsp3) is 0.571. The molecule has 1 aromatic carbocycles. The van der Waals surface area contributed by atoms with Crippen LogP contribution in [0.4, 0.5) is 4.39 Å². The number of amides is 1. The van der Waals surface area contributed by atoms with Crippen LogP contribution in [-0.2, 0) is 11.2 Å². The van der Waals surface area contributed by atoms with Crippen LogP contribution < -0.4 is 0 Å². The Labute approximate surface area is 159 Å². The summed E-state index contributed by atoms with van der Waals surface area (Å²) in [5.41, 5.74) is 1.25. The standard InChI is InChI=1S/C21H28FN3O2/c1-15-14-16(10-11-18(15)22)21-23-19(27-24-21)12-13-20(26)25(2)17-8-6-4-3-5-7-9-17/h10-11,14,17H,3-9,12-13H2,1-2H3. The molecule has 1 heterocycles. The van der Waals surface area contributed by atoms with Gasteiger partial charge in [0, 0.05) is 31.5 Å². The molecule has 0 bridgehead atoms. The number of carbonyl (C=O) groups is 1. The second-order valence-electron chi connectivity index (χ2n) is 7.48. The zero-order valence-corrected chi connectivity index (χ0v) is 16.2. The van der Waals surface area contributed by atoms with Gasteiger partial charge in [-0.15, -0.1) is 0 Å². The molecule has 6 heteroatoms. The zero-order valence-electron chi connectivity index (χ0n) is 16.2. The highest BCUT2D eigenvalue weighted by molar-refractivity contribution is 5.76. The molecular formula is C21H28FN3O2. The Hall–Kier alpha value is -2.24. The lowest BCUT2D eigenvalue weighted by molar-refractivity contribution is -0.132. The van der Waals surface area contributed by atoms with Crippen molar-refractivity contribution in [2.24, 2.45) is 0 Å². The van der Waals surface area contributed by atoms with Crippen molar-refractivity contribution in [3.63, 3.8) is 0 Å². The van der Waals surface area contributed by atoms with Crippen LogP contribution in [0.5, 0.6) is 0 Å². The molecule has 1 aliphatic rings. The van der Waals surface area contributed by atoms with Crippen molar-refractivity contribution >= 4 is 5.91 Å². The van der Waals surface area contributed by atoms with E-state index in [-0.39, 0.29) is 11.7 Å². The molecule has 0 unspecified atom stereocenters. The molecule has 0 N–H and O–H groups in total. The Morgan fingerprint density at radius 2 is 1.93 bits per heavy atom. The number of hydrogen-bond donors (Lipinski definition) is 0. The first-order valence-corrected chi connectivity index (χ1v) is 9.89. The summed E-state index contributed by atoms with van der Waals surface area (Å²) in [6.45, 7) is 1.70. The van der Waals surface area contributed by atoms with Crippen molar-refractivity contribution in [3.05, 3.63) is 35.5 Å². The van der Waals surface area contributed by atoms with E-state index in [1.54, 1.807) is 19.1 Å². The van der Waals surface area contributed by atoms with E-state index in [1.165, 1.54) is 38.2 Å². The van der Waals surface area contributed by atoms with Gasteiger partial charge in [-0.25, -0.2) is 4.39 Å². The summed E-state index contributed by atoms with van der Waals surface area (Å²) < 4.78 is 18.7. The zero-order chi connectivity index (χ0) is 19.2.